The number of rotatable bonds is 4. The van der Waals surface area contributed by atoms with Crippen LogP contribution in [0, 0.1) is 6.92 Å². The molecular weight excluding hydrogens is 384 g/mol. The van der Waals surface area contributed by atoms with Crippen molar-refractivity contribution in [3.8, 4) is 11.4 Å². The molecule has 0 spiro atoms. The van der Waals surface area contributed by atoms with E-state index in [1.165, 1.54) is 0 Å². The molecule has 154 valence electrons. The van der Waals surface area contributed by atoms with Gasteiger partial charge in [0.2, 0.25) is 11.9 Å². The summed E-state index contributed by atoms with van der Waals surface area (Å²) in [6.07, 6.45) is 5.19. The van der Waals surface area contributed by atoms with Gasteiger partial charge < -0.3 is 19.9 Å². The Bertz CT molecular complexity index is 1130. The van der Waals surface area contributed by atoms with Crippen LogP contribution in [0.25, 0.3) is 5.69 Å². The molecule has 0 radical (unpaired) electrons. The molecule has 3 aromatic rings. The van der Waals surface area contributed by atoms with Gasteiger partial charge in [0.25, 0.3) is 0 Å². The Morgan fingerprint density at radius 3 is 2.87 bits per heavy atom. The number of carbonyl (C=O) groups excluding carboxylic acids is 1. The molecule has 2 aromatic heterocycles. The van der Waals surface area contributed by atoms with Crippen molar-refractivity contribution in [3.63, 3.8) is 0 Å². The van der Waals surface area contributed by atoms with Gasteiger partial charge >= 0.3 is 0 Å². The van der Waals surface area contributed by atoms with Crippen molar-refractivity contribution < 1.29 is 9.53 Å². The second-order valence-electron chi connectivity index (χ2n) is 7.40. The molecule has 1 fully saturated rings. The molecule has 1 amide bonds. The van der Waals surface area contributed by atoms with Crippen molar-refractivity contribution in [3.05, 3.63) is 36.5 Å². The maximum absolute atomic E-state index is 12.6. The fraction of sp³-hybridized carbons (Fsp3) is 0.350. The molecule has 10 heteroatoms. The van der Waals surface area contributed by atoms with Crippen LogP contribution < -0.4 is 19.9 Å². The molecule has 30 heavy (non-hydrogen) atoms. The van der Waals surface area contributed by atoms with Crippen molar-refractivity contribution >= 4 is 29.0 Å². The van der Waals surface area contributed by atoms with E-state index in [9.17, 15) is 4.79 Å². The van der Waals surface area contributed by atoms with Gasteiger partial charge in [-0.3, -0.25) is 4.79 Å². The number of nitrogens with one attached hydrogen (secondary N) is 1. The first kappa shape index (κ1) is 18.3. The van der Waals surface area contributed by atoms with E-state index in [1.54, 1.807) is 36.3 Å². The number of fused-ring (bicyclic) bond motifs is 3. The topological polar surface area (TPSA) is 101 Å². The van der Waals surface area contributed by atoms with Gasteiger partial charge in [-0.2, -0.15) is 10.1 Å². The maximum Gasteiger partial charge on any atom is 0.249 e. The highest BCUT2D eigenvalue weighted by molar-refractivity contribution is 6.04. The van der Waals surface area contributed by atoms with Gasteiger partial charge in [-0.05, 0) is 31.9 Å². The highest BCUT2D eigenvalue weighted by Crippen LogP contribution is 2.38. The Kier molecular flexibility index (Phi) is 4.27. The van der Waals surface area contributed by atoms with Crippen molar-refractivity contribution in [2.75, 3.05) is 35.8 Å². The maximum atomic E-state index is 12.6. The molecule has 4 heterocycles. The lowest BCUT2D eigenvalue weighted by Gasteiger charge is -2.36. The largest absolute Gasteiger partial charge is 0.494 e. The zero-order valence-corrected chi connectivity index (χ0v) is 17.0. The van der Waals surface area contributed by atoms with Crippen LogP contribution in [0.15, 0.2) is 30.7 Å². The molecule has 2 aliphatic heterocycles. The molecule has 0 aliphatic carbocycles. The van der Waals surface area contributed by atoms with E-state index in [1.807, 2.05) is 25.1 Å². The number of benzene rings is 1. The number of nitrogens with zero attached hydrogens (tertiary/aromatic N) is 7. The number of aromatic nitrogens is 5. The Labute approximate surface area is 173 Å². The first-order chi connectivity index (χ1) is 14.5. The van der Waals surface area contributed by atoms with E-state index >= 15 is 0 Å². The van der Waals surface area contributed by atoms with E-state index in [4.69, 9.17) is 9.72 Å². The summed E-state index contributed by atoms with van der Waals surface area (Å²) in [5.74, 6) is 2.69. The molecule has 5 rings (SSSR count). The van der Waals surface area contributed by atoms with Crippen molar-refractivity contribution in [1.29, 1.82) is 0 Å². The number of methoxy groups -OCH3 is 1. The standard InChI is InChI=1S/C20H22N8O2/c1-12-22-11-28(25-12)14-7-6-13(9-17(14)30-3)23-20-21-10-16-18(24-20)27-8-4-5-15(27)19(29)26(16)2/h6-7,9-11,15H,4-5,8H2,1-3H3,(H,21,23,24). The minimum absolute atomic E-state index is 0.105. The van der Waals surface area contributed by atoms with Crippen LogP contribution in [0.2, 0.25) is 0 Å². The monoisotopic (exact) mass is 406 g/mol. The first-order valence-electron chi connectivity index (χ1n) is 9.80. The van der Waals surface area contributed by atoms with Crippen LogP contribution in [0.5, 0.6) is 5.75 Å². The number of aryl methyl sites for hydroxylation is 1. The molecule has 10 nitrogen and oxygen atoms in total. The minimum atomic E-state index is -0.129. The Hall–Kier alpha value is -3.69. The van der Waals surface area contributed by atoms with Gasteiger partial charge in [0, 0.05) is 25.3 Å². The predicted molar refractivity (Wildman–Crippen MR) is 112 cm³/mol. The molecule has 1 saturated heterocycles. The number of anilines is 4. The highest BCUT2D eigenvalue weighted by atomic mass is 16.5. The summed E-state index contributed by atoms with van der Waals surface area (Å²) in [5.41, 5.74) is 2.30. The smallest absolute Gasteiger partial charge is 0.249 e. The zero-order valence-electron chi connectivity index (χ0n) is 17.0. The summed E-state index contributed by atoms with van der Waals surface area (Å²) in [7, 11) is 3.39. The normalized spacial score (nSPS) is 17.7. The quantitative estimate of drug-likeness (QED) is 0.703. The third-order valence-electron chi connectivity index (χ3n) is 5.54. The van der Waals surface area contributed by atoms with Crippen LogP contribution >= 0.6 is 0 Å². The van der Waals surface area contributed by atoms with Crippen LogP contribution in [-0.2, 0) is 4.79 Å². The van der Waals surface area contributed by atoms with E-state index < -0.39 is 0 Å². The molecule has 2 aliphatic rings. The molecule has 1 N–H and O–H groups in total. The average molecular weight is 406 g/mol. The molecule has 0 saturated carbocycles. The van der Waals surface area contributed by atoms with Crippen molar-refractivity contribution in [1.82, 2.24) is 24.7 Å². The van der Waals surface area contributed by atoms with Gasteiger partial charge in [0.05, 0.1) is 13.3 Å². The lowest BCUT2D eigenvalue weighted by molar-refractivity contribution is -0.119. The Balaban J connectivity index is 1.45. The Morgan fingerprint density at radius 1 is 1.23 bits per heavy atom. The average Bonchev–Trinajstić information content (AvgIpc) is 3.41. The number of ether oxygens (including phenoxy) is 1. The van der Waals surface area contributed by atoms with Crippen LogP contribution in [0.3, 0.4) is 0 Å². The fourth-order valence-corrected chi connectivity index (χ4v) is 4.03. The number of likely N-dealkylation sites (N-methyl/N-ethyl adjacent to an activating group) is 1. The van der Waals surface area contributed by atoms with Gasteiger partial charge in [0.15, 0.2) is 5.82 Å². The van der Waals surface area contributed by atoms with Gasteiger partial charge in [0.1, 0.15) is 35.3 Å². The summed E-state index contributed by atoms with van der Waals surface area (Å²) in [5, 5.41) is 7.58. The second kappa shape index (κ2) is 6.97. The number of hydrogen-bond acceptors (Lipinski definition) is 8. The summed E-state index contributed by atoms with van der Waals surface area (Å²) in [6.45, 7) is 2.66. The lowest BCUT2D eigenvalue weighted by atomic mass is 10.1. The van der Waals surface area contributed by atoms with Crippen LogP contribution in [-0.4, -0.2) is 57.4 Å². The number of carbonyl (C=O) groups is 1. The zero-order chi connectivity index (χ0) is 20.8. The van der Waals surface area contributed by atoms with Crippen LogP contribution in [0.1, 0.15) is 18.7 Å². The van der Waals surface area contributed by atoms with Crippen LogP contribution in [0.4, 0.5) is 23.1 Å². The molecular formula is C20H22N8O2. The molecule has 1 unspecified atom stereocenters. The van der Waals surface area contributed by atoms with E-state index in [-0.39, 0.29) is 11.9 Å². The van der Waals surface area contributed by atoms with Crippen molar-refractivity contribution in [2.24, 2.45) is 0 Å². The highest BCUT2D eigenvalue weighted by Gasteiger charge is 2.40. The van der Waals surface area contributed by atoms with E-state index in [0.717, 1.165) is 42.3 Å². The minimum Gasteiger partial charge on any atom is -0.494 e. The molecule has 0 bridgehead atoms. The summed E-state index contributed by atoms with van der Waals surface area (Å²) >= 11 is 0. The summed E-state index contributed by atoms with van der Waals surface area (Å²) < 4.78 is 7.21. The third kappa shape index (κ3) is 2.92. The van der Waals surface area contributed by atoms with Gasteiger partial charge in [-0.1, -0.05) is 0 Å². The van der Waals surface area contributed by atoms with Gasteiger partial charge in [-0.15, -0.1) is 0 Å². The second-order valence-corrected chi connectivity index (χ2v) is 7.40. The number of hydrogen-bond donors (Lipinski definition) is 1. The number of amides is 1. The lowest BCUT2D eigenvalue weighted by Crippen LogP contribution is -2.49. The SMILES string of the molecule is COc1cc(Nc2ncc3c(n2)N2CCCC2C(=O)N3C)ccc1-n1cnc(C)n1. The van der Waals surface area contributed by atoms with E-state index in [2.05, 4.69) is 25.3 Å². The summed E-state index contributed by atoms with van der Waals surface area (Å²) in [6, 6.07) is 5.54. The molecule has 1 aromatic carbocycles. The van der Waals surface area contributed by atoms with Gasteiger partial charge in [-0.25, -0.2) is 14.6 Å². The predicted octanol–water partition coefficient (Wildman–Crippen LogP) is 2.06. The first-order valence-corrected chi connectivity index (χ1v) is 9.80. The van der Waals surface area contributed by atoms with Crippen molar-refractivity contribution in [2.45, 2.75) is 25.8 Å². The van der Waals surface area contributed by atoms with E-state index in [0.29, 0.717) is 17.5 Å². The molecule has 1 atom stereocenters. The Morgan fingerprint density at radius 2 is 2.10 bits per heavy atom. The fourth-order valence-electron chi connectivity index (χ4n) is 4.03. The third-order valence-corrected chi connectivity index (χ3v) is 5.54. The summed E-state index contributed by atoms with van der Waals surface area (Å²) in [4.78, 5) is 29.6.